The molecule has 2 aliphatic heterocycles. The zero-order valence-corrected chi connectivity index (χ0v) is 13.7. The van der Waals surface area contributed by atoms with Gasteiger partial charge in [-0.1, -0.05) is 5.92 Å². The molecule has 5 heteroatoms. The van der Waals surface area contributed by atoms with Gasteiger partial charge in [0.1, 0.15) is 6.10 Å². The number of ether oxygens (including phenoxy) is 1. The lowest BCUT2D eigenvalue weighted by Crippen LogP contribution is -2.41. The molecule has 2 aliphatic rings. The largest absolute Gasteiger partial charge is 0.367 e. The maximum absolute atomic E-state index is 12.1. The number of carbonyl (C=O) groups is 2. The molecular weight excluding hydrogens is 280 g/mol. The molecule has 22 heavy (non-hydrogen) atoms. The van der Waals surface area contributed by atoms with Gasteiger partial charge in [-0.15, -0.1) is 0 Å². The van der Waals surface area contributed by atoms with Crippen LogP contribution < -0.4 is 5.73 Å². The van der Waals surface area contributed by atoms with Gasteiger partial charge in [0.15, 0.2) is 0 Å². The second kappa shape index (κ2) is 6.70. The van der Waals surface area contributed by atoms with Crippen molar-refractivity contribution < 1.29 is 14.3 Å². The number of carbonyl (C=O) groups excluding carboxylic acids is 2. The first kappa shape index (κ1) is 16.8. The number of amides is 2. The quantitative estimate of drug-likeness (QED) is 0.782. The lowest BCUT2D eigenvalue weighted by Gasteiger charge is -2.33. The highest BCUT2D eigenvalue weighted by Gasteiger charge is 2.36. The van der Waals surface area contributed by atoms with Crippen molar-refractivity contribution in [1.82, 2.24) is 4.90 Å². The first-order valence-corrected chi connectivity index (χ1v) is 8.03. The molecule has 0 unspecified atom stereocenters. The number of hydrogen-bond acceptors (Lipinski definition) is 3. The smallest absolute Gasteiger partial charge is 0.298 e. The summed E-state index contributed by atoms with van der Waals surface area (Å²) < 4.78 is 5.74. The molecular formula is C17H26N2O3. The fourth-order valence-corrected chi connectivity index (χ4v) is 3.01. The third-order valence-corrected chi connectivity index (χ3v) is 4.27. The first-order valence-electron chi connectivity index (χ1n) is 8.03. The second-order valence-electron chi connectivity index (χ2n) is 7.27. The summed E-state index contributed by atoms with van der Waals surface area (Å²) in [5.74, 6) is 5.68. The van der Waals surface area contributed by atoms with Gasteiger partial charge >= 0.3 is 0 Å². The monoisotopic (exact) mass is 306 g/mol. The Bertz CT molecular complexity index is 490. The van der Waals surface area contributed by atoms with Crippen LogP contribution in [-0.4, -0.2) is 42.0 Å². The minimum absolute atomic E-state index is 0.0873. The molecule has 122 valence electrons. The van der Waals surface area contributed by atoms with Gasteiger partial charge in [-0.05, 0) is 58.3 Å². The third kappa shape index (κ3) is 4.48. The summed E-state index contributed by atoms with van der Waals surface area (Å²) in [6.45, 7) is 7.40. The molecule has 2 atom stereocenters. The van der Waals surface area contributed by atoms with E-state index >= 15 is 0 Å². The molecule has 0 aromatic carbocycles. The van der Waals surface area contributed by atoms with Crippen LogP contribution in [-0.2, 0) is 14.3 Å². The Hall–Kier alpha value is -1.54. The Balaban J connectivity index is 1.82. The molecule has 0 radical (unpaired) electrons. The van der Waals surface area contributed by atoms with Crippen molar-refractivity contribution in [3.8, 4) is 11.8 Å². The molecule has 0 aromatic heterocycles. The fourth-order valence-electron chi connectivity index (χ4n) is 3.01. The van der Waals surface area contributed by atoms with Gasteiger partial charge in [0.05, 0.1) is 6.10 Å². The van der Waals surface area contributed by atoms with Crippen LogP contribution in [0.25, 0.3) is 0 Å². The first-order chi connectivity index (χ1) is 10.3. The summed E-state index contributed by atoms with van der Waals surface area (Å²) in [6, 6.07) is 0. The van der Waals surface area contributed by atoms with Crippen molar-refractivity contribution in [3.63, 3.8) is 0 Å². The average molecular weight is 306 g/mol. The zero-order chi connectivity index (χ0) is 16.3. The fraction of sp³-hybridized carbons (Fsp3) is 0.765. The number of rotatable bonds is 2. The Morgan fingerprint density at radius 1 is 1.14 bits per heavy atom. The molecule has 2 heterocycles. The van der Waals surface area contributed by atoms with E-state index in [2.05, 4.69) is 11.8 Å². The van der Waals surface area contributed by atoms with Gasteiger partial charge < -0.3 is 15.4 Å². The standard InChI is InChI=1S/C17H26N2O3/c1-17(2,3)9-6-15(20)19-10-7-12(8-11-19)13-4-5-14(22-13)16(18)21/h12-14H,4-5,7-8,10-11H2,1-3H3,(H2,18,21)/t13-,14+/m0/s1. The molecule has 5 nitrogen and oxygen atoms in total. The minimum Gasteiger partial charge on any atom is -0.367 e. The van der Waals surface area contributed by atoms with Crippen molar-refractivity contribution in [2.75, 3.05) is 13.1 Å². The van der Waals surface area contributed by atoms with Crippen molar-refractivity contribution in [3.05, 3.63) is 0 Å². The van der Waals surface area contributed by atoms with Gasteiger partial charge in [-0.2, -0.15) is 0 Å². The van der Waals surface area contributed by atoms with Gasteiger partial charge in [-0.25, -0.2) is 0 Å². The highest BCUT2D eigenvalue weighted by Crippen LogP contribution is 2.31. The highest BCUT2D eigenvalue weighted by molar-refractivity contribution is 5.93. The van der Waals surface area contributed by atoms with Crippen LogP contribution in [0.15, 0.2) is 0 Å². The Labute approximate surface area is 132 Å². The van der Waals surface area contributed by atoms with Crippen LogP contribution >= 0.6 is 0 Å². The van der Waals surface area contributed by atoms with E-state index in [-0.39, 0.29) is 23.3 Å². The maximum atomic E-state index is 12.1. The van der Waals surface area contributed by atoms with Gasteiger partial charge in [0.2, 0.25) is 5.91 Å². The summed E-state index contributed by atoms with van der Waals surface area (Å²) in [7, 11) is 0. The Kier molecular flexibility index (Phi) is 5.12. The predicted octanol–water partition coefficient (Wildman–Crippen LogP) is 1.31. The molecule has 2 rings (SSSR count). The highest BCUT2D eigenvalue weighted by atomic mass is 16.5. The van der Waals surface area contributed by atoms with E-state index in [1.807, 2.05) is 25.7 Å². The number of nitrogens with two attached hydrogens (primary N) is 1. The van der Waals surface area contributed by atoms with E-state index in [1.165, 1.54) is 0 Å². The molecule has 0 bridgehead atoms. The van der Waals surface area contributed by atoms with Crippen molar-refractivity contribution in [2.45, 2.75) is 58.7 Å². The summed E-state index contributed by atoms with van der Waals surface area (Å²) in [5, 5.41) is 0. The van der Waals surface area contributed by atoms with E-state index in [0.29, 0.717) is 19.0 Å². The lowest BCUT2D eigenvalue weighted by molar-refractivity contribution is -0.131. The van der Waals surface area contributed by atoms with Gasteiger partial charge in [0, 0.05) is 18.5 Å². The molecule has 2 saturated heterocycles. The van der Waals surface area contributed by atoms with Crippen LogP contribution in [0, 0.1) is 23.2 Å². The summed E-state index contributed by atoms with van der Waals surface area (Å²) in [4.78, 5) is 25.0. The number of nitrogens with zero attached hydrogens (tertiary/aromatic N) is 1. The molecule has 0 aromatic rings. The number of likely N-dealkylation sites (tertiary alicyclic amines) is 1. The van der Waals surface area contributed by atoms with Crippen LogP contribution in [0.3, 0.4) is 0 Å². The van der Waals surface area contributed by atoms with E-state index < -0.39 is 6.10 Å². The third-order valence-electron chi connectivity index (χ3n) is 4.27. The van der Waals surface area contributed by atoms with Crippen molar-refractivity contribution >= 4 is 11.8 Å². The van der Waals surface area contributed by atoms with E-state index in [0.717, 1.165) is 25.7 Å². The van der Waals surface area contributed by atoms with E-state index in [1.54, 1.807) is 0 Å². The molecule has 2 amide bonds. The van der Waals surface area contributed by atoms with Crippen LogP contribution in [0.5, 0.6) is 0 Å². The van der Waals surface area contributed by atoms with Gasteiger partial charge in [-0.3, -0.25) is 9.59 Å². The van der Waals surface area contributed by atoms with E-state index in [4.69, 9.17) is 10.5 Å². The predicted molar refractivity (Wildman–Crippen MR) is 83.6 cm³/mol. The van der Waals surface area contributed by atoms with Crippen molar-refractivity contribution in [2.24, 2.45) is 17.1 Å². The molecule has 2 N–H and O–H groups in total. The van der Waals surface area contributed by atoms with Crippen LogP contribution in [0.1, 0.15) is 46.5 Å². The van der Waals surface area contributed by atoms with Gasteiger partial charge in [0.25, 0.3) is 5.91 Å². The molecule has 2 fully saturated rings. The normalized spacial score (nSPS) is 26.4. The second-order valence-corrected chi connectivity index (χ2v) is 7.27. The number of primary amides is 1. The molecule has 0 aliphatic carbocycles. The topological polar surface area (TPSA) is 72.6 Å². The SMILES string of the molecule is CC(C)(C)C#CC(=O)N1CCC([C@@H]2CC[C@H](C(N)=O)O2)CC1. The zero-order valence-electron chi connectivity index (χ0n) is 13.7. The van der Waals surface area contributed by atoms with E-state index in [9.17, 15) is 9.59 Å². The maximum Gasteiger partial charge on any atom is 0.298 e. The summed E-state index contributed by atoms with van der Waals surface area (Å²) in [6.07, 6.45) is 3.09. The summed E-state index contributed by atoms with van der Waals surface area (Å²) in [5.41, 5.74) is 5.13. The number of hydrogen-bond donors (Lipinski definition) is 1. The van der Waals surface area contributed by atoms with Crippen molar-refractivity contribution in [1.29, 1.82) is 0 Å². The number of piperidine rings is 1. The molecule has 0 saturated carbocycles. The van der Waals surface area contributed by atoms with Crippen LogP contribution in [0.4, 0.5) is 0 Å². The average Bonchev–Trinajstić information content (AvgIpc) is 2.94. The lowest BCUT2D eigenvalue weighted by atomic mass is 9.89. The Morgan fingerprint density at radius 2 is 1.77 bits per heavy atom. The Morgan fingerprint density at radius 3 is 2.27 bits per heavy atom. The summed E-state index contributed by atoms with van der Waals surface area (Å²) >= 11 is 0. The van der Waals surface area contributed by atoms with Crippen LogP contribution in [0.2, 0.25) is 0 Å². The molecule has 0 spiro atoms. The minimum atomic E-state index is -0.428.